The summed E-state index contributed by atoms with van der Waals surface area (Å²) >= 11 is 1.95. The normalized spacial score (nSPS) is 11.0. The van der Waals surface area contributed by atoms with Crippen molar-refractivity contribution in [1.29, 1.82) is 0 Å². The predicted molar refractivity (Wildman–Crippen MR) is 86.6 cm³/mol. The number of aromatic hydroxyl groups is 1. The molecule has 7 heteroatoms. The Balaban J connectivity index is 2.21. The minimum Gasteiger partial charge on any atom is -0.507 e. The van der Waals surface area contributed by atoms with E-state index in [4.69, 9.17) is 0 Å². The SMILES string of the molecule is CCc1nc2ncc(F)cn2c1C(=O)c1ccc(O)c(I)c1. The van der Waals surface area contributed by atoms with Crippen LogP contribution >= 0.6 is 22.6 Å². The number of carbonyl (C=O) groups is 1. The number of halogens is 2. The highest BCUT2D eigenvalue weighted by Gasteiger charge is 2.21. The summed E-state index contributed by atoms with van der Waals surface area (Å²) in [5.74, 6) is -0.426. The second kappa shape index (κ2) is 5.64. The first-order chi connectivity index (χ1) is 10.5. The lowest BCUT2D eigenvalue weighted by Gasteiger charge is -2.05. The number of imidazole rings is 1. The van der Waals surface area contributed by atoms with Crippen LogP contribution in [0.2, 0.25) is 0 Å². The van der Waals surface area contributed by atoms with Gasteiger partial charge in [-0.1, -0.05) is 6.92 Å². The highest BCUT2D eigenvalue weighted by molar-refractivity contribution is 14.1. The molecule has 112 valence electrons. The molecule has 0 spiro atoms. The molecule has 2 heterocycles. The zero-order valence-corrected chi connectivity index (χ0v) is 13.7. The number of benzene rings is 1. The molecule has 0 aliphatic rings. The van der Waals surface area contributed by atoms with Crippen LogP contribution in [-0.4, -0.2) is 25.3 Å². The van der Waals surface area contributed by atoms with E-state index in [-0.39, 0.29) is 17.3 Å². The van der Waals surface area contributed by atoms with Gasteiger partial charge in [-0.25, -0.2) is 14.4 Å². The van der Waals surface area contributed by atoms with E-state index in [9.17, 15) is 14.3 Å². The molecule has 3 rings (SSSR count). The molecule has 0 saturated carbocycles. The number of phenols is 1. The first kappa shape index (κ1) is 14.9. The molecule has 1 N–H and O–H groups in total. The van der Waals surface area contributed by atoms with E-state index in [1.807, 2.05) is 29.5 Å². The van der Waals surface area contributed by atoms with Crippen LogP contribution in [0.3, 0.4) is 0 Å². The Labute approximate surface area is 139 Å². The molecule has 2 aromatic heterocycles. The number of aromatic nitrogens is 3. The number of ketones is 1. The third-order valence-corrected chi connectivity index (χ3v) is 4.14. The molecule has 0 aliphatic heterocycles. The van der Waals surface area contributed by atoms with Crippen molar-refractivity contribution in [3.63, 3.8) is 0 Å². The fourth-order valence-corrected chi connectivity index (χ4v) is 2.74. The Kier molecular flexibility index (Phi) is 3.81. The van der Waals surface area contributed by atoms with Crippen LogP contribution in [0.4, 0.5) is 4.39 Å². The highest BCUT2D eigenvalue weighted by Crippen LogP contribution is 2.23. The number of nitrogens with zero attached hydrogens (tertiary/aromatic N) is 3. The van der Waals surface area contributed by atoms with Gasteiger partial charge < -0.3 is 5.11 Å². The molecule has 0 atom stereocenters. The number of fused-ring (bicyclic) bond motifs is 1. The van der Waals surface area contributed by atoms with Gasteiger partial charge in [-0.3, -0.25) is 9.20 Å². The summed E-state index contributed by atoms with van der Waals surface area (Å²) in [6.07, 6.45) is 2.80. The van der Waals surface area contributed by atoms with E-state index < -0.39 is 5.82 Å². The van der Waals surface area contributed by atoms with Gasteiger partial charge in [0.25, 0.3) is 0 Å². The van der Waals surface area contributed by atoms with E-state index in [1.54, 1.807) is 6.07 Å². The van der Waals surface area contributed by atoms with E-state index >= 15 is 0 Å². The van der Waals surface area contributed by atoms with Crippen molar-refractivity contribution in [2.24, 2.45) is 0 Å². The van der Waals surface area contributed by atoms with Gasteiger partial charge in [-0.15, -0.1) is 0 Å². The summed E-state index contributed by atoms with van der Waals surface area (Å²) in [5.41, 5.74) is 1.26. The van der Waals surface area contributed by atoms with E-state index in [0.29, 0.717) is 26.9 Å². The predicted octanol–water partition coefficient (Wildman–Crippen LogP) is 2.97. The van der Waals surface area contributed by atoms with Gasteiger partial charge in [0.15, 0.2) is 5.82 Å². The third-order valence-electron chi connectivity index (χ3n) is 3.28. The number of hydrogen-bond donors (Lipinski definition) is 1. The van der Waals surface area contributed by atoms with Gasteiger partial charge in [0.2, 0.25) is 11.6 Å². The maximum atomic E-state index is 13.5. The van der Waals surface area contributed by atoms with Gasteiger partial charge >= 0.3 is 0 Å². The maximum absolute atomic E-state index is 13.5. The van der Waals surface area contributed by atoms with Crippen molar-refractivity contribution in [1.82, 2.24) is 14.4 Å². The first-order valence-corrected chi connectivity index (χ1v) is 7.64. The fraction of sp³-hybridized carbons (Fsp3) is 0.133. The summed E-state index contributed by atoms with van der Waals surface area (Å²) < 4.78 is 15.4. The molecule has 22 heavy (non-hydrogen) atoms. The van der Waals surface area contributed by atoms with E-state index in [0.717, 1.165) is 6.20 Å². The van der Waals surface area contributed by atoms with Crippen molar-refractivity contribution in [3.05, 3.63) is 56.9 Å². The average Bonchev–Trinajstić information content (AvgIpc) is 2.87. The van der Waals surface area contributed by atoms with E-state index in [2.05, 4.69) is 9.97 Å². The molecule has 5 nitrogen and oxygen atoms in total. The molecule has 3 aromatic rings. The second-order valence-corrected chi connectivity index (χ2v) is 5.86. The Morgan fingerprint density at radius 3 is 2.91 bits per heavy atom. The number of aryl methyl sites for hydroxylation is 1. The number of hydrogen-bond acceptors (Lipinski definition) is 4. The molecule has 0 saturated heterocycles. The third kappa shape index (κ3) is 2.45. The number of carbonyl (C=O) groups excluding carboxylic acids is 1. The Morgan fingerprint density at radius 1 is 1.45 bits per heavy atom. The molecule has 0 amide bonds. The largest absolute Gasteiger partial charge is 0.507 e. The molecular weight excluding hydrogens is 400 g/mol. The van der Waals surface area contributed by atoms with Crippen LogP contribution in [0, 0.1) is 9.39 Å². The van der Waals surface area contributed by atoms with Crippen molar-refractivity contribution in [2.75, 3.05) is 0 Å². The standard InChI is InChI=1S/C15H11FIN3O2/c1-2-11-13(20-7-9(16)6-18-15(20)19-11)14(22)8-3-4-12(21)10(17)5-8/h3-7,21H,2H2,1H3. The monoisotopic (exact) mass is 411 g/mol. The second-order valence-electron chi connectivity index (χ2n) is 4.70. The zero-order valence-electron chi connectivity index (χ0n) is 11.5. The van der Waals surface area contributed by atoms with Crippen LogP contribution in [0.5, 0.6) is 5.75 Å². The lowest BCUT2D eigenvalue weighted by molar-refractivity contribution is 0.103. The summed E-state index contributed by atoms with van der Waals surface area (Å²) in [6, 6.07) is 4.58. The average molecular weight is 411 g/mol. The number of phenolic OH excluding ortho intramolecular Hbond substituents is 1. The Morgan fingerprint density at radius 2 is 2.23 bits per heavy atom. The summed E-state index contributed by atoms with van der Waals surface area (Å²) in [7, 11) is 0. The van der Waals surface area contributed by atoms with Crippen molar-refractivity contribution in [2.45, 2.75) is 13.3 Å². The molecule has 0 unspecified atom stereocenters. The van der Waals surface area contributed by atoms with Crippen LogP contribution < -0.4 is 0 Å². The number of rotatable bonds is 3. The van der Waals surface area contributed by atoms with Gasteiger partial charge in [0.05, 0.1) is 21.7 Å². The summed E-state index contributed by atoms with van der Waals surface area (Å²) in [4.78, 5) is 21.0. The lowest BCUT2D eigenvalue weighted by Crippen LogP contribution is -2.09. The van der Waals surface area contributed by atoms with Gasteiger partial charge in [0, 0.05) is 5.56 Å². The Bertz CT molecular complexity index is 892. The quantitative estimate of drug-likeness (QED) is 0.532. The molecule has 0 fully saturated rings. The molecule has 0 aliphatic carbocycles. The first-order valence-electron chi connectivity index (χ1n) is 6.57. The topological polar surface area (TPSA) is 67.5 Å². The van der Waals surface area contributed by atoms with E-state index in [1.165, 1.54) is 22.7 Å². The fourth-order valence-electron chi connectivity index (χ4n) is 2.23. The minimum absolute atomic E-state index is 0.110. The van der Waals surface area contributed by atoms with Crippen molar-refractivity contribution >= 4 is 34.2 Å². The smallest absolute Gasteiger partial charge is 0.234 e. The molecule has 0 bridgehead atoms. The molecule has 1 aromatic carbocycles. The van der Waals surface area contributed by atoms with Crippen LogP contribution in [-0.2, 0) is 6.42 Å². The highest BCUT2D eigenvalue weighted by atomic mass is 127. The van der Waals surface area contributed by atoms with Gasteiger partial charge in [0.1, 0.15) is 11.4 Å². The van der Waals surface area contributed by atoms with Crippen molar-refractivity contribution in [3.8, 4) is 5.75 Å². The Hall–Kier alpha value is -2.03. The minimum atomic E-state index is -0.540. The van der Waals surface area contributed by atoms with Crippen LogP contribution in [0.1, 0.15) is 28.7 Å². The summed E-state index contributed by atoms with van der Waals surface area (Å²) in [5, 5.41) is 9.57. The maximum Gasteiger partial charge on any atom is 0.234 e. The zero-order chi connectivity index (χ0) is 15.9. The lowest BCUT2D eigenvalue weighted by atomic mass is 10.1. The van der Waals surface area contributed by atoms with Crippen LogP contribution in [0.15, 0.2) is 30.6 Å². The van der Waals surface area contributed by atoms with Gasteiger partial charge in [-0.05, 0) is 47.2 Å². The van der Waals surface area contributed by atoms with Gasteiger partial charge in [-0.2, -0.15) is 0 Å². The van der Waals surface area contributed by atoms with Crippen molar-refractivity contribution < 1.29 is 14.3 Å². The van der Waals surface area contributed by atoms with Crippen LogP contribution in [0.25, 0.3) is 5.78 Å². The molecular formula is C15H11FIN3O2. The summed E-state index contributed by atoms with van der Waals surface area (Å²) in [6.45, 7) is 1.87. The molecule has 0 radical (unpaired) electrons.